The van der Waals surface area contributed by atoms with Crippen LogP contribution < -0.4 is 5.32 Å². The molecule has 25 heavy (non-hydrogen) atoms. The summed E-state index contributed by atoms with van der Waals surface area (Å²) in [7, 11) is 0. The lowest BCUT2D eigenvalue weighted by Crippen LogP contribution is -2.16. The van der Waals surface area contributed by atoms with E-state index >= 15 is 0 Å². The number of amides is 1. The minimum absolute atomic E-state index is 0.212. The molecule has 0 radical (unpaired) electrons. The summed E-state index contributed by atoms with van der Waals surface area (Å²) in [6.45, 7) is 1.17. The minimum Gasteiger partial charge on any atom is -0.319 e. The molecular formula is C14H8F3N3O5. The summed E-state index contributed by atoms with van der Waals surface area (Å²) in [5.74, 6) is -6.13. The molecule has 0 saturated heterocycles. The molecule has 8 nitrogen and oxygen atoms in total. The molecule has 1 amide bonds. The summed E-state index contributed by atoms with van der Waals surface area (Å²) >= 11 is 0. The topological polar surface area (TPSA) is 115 Å². The van der Waals surface area contributed by atoms with Gasteiger partial charge in [0.1, 0.15) is 0 Å². The summed E-state index contributed by atoms with van der Waals surface area (Å²) in [6, 6.07) is 2.74. The molecule has 0 saturated carbocycles. The molecule has 0 heterocycles. The summed E-state index contributed by atoms with van der Waals surface area (Å²) < 4.78 is 39.7. The zero-order valence-electron chi connectivity index (χ0n) is 12.4. The molecule has 2 aromatic carbocycles. The Bertz CT molecular complexity index is 917. The van der Waals surface area contributed by atoms with Crippen LogP contribution in [-0.2, 0) is 0 Å². The Morgan fingerprint density at radius 3 is 2.24 bits per heavy atom. The second-order valence-corrected chi connectivity index (χ2v) is 4.83. The van der Waals surface area contributed by atoms with Crippen LogP contribution in [0, 0.1) is 44.6 Å². The van der Waals surface area contributed by atoms with Crippen LogP contribution in [0.1, 0.15) is 15.9 Å². The third-order valence-electron chi connectivity index (χ3n) is 3.30. The number of benzene rings is 2. The van der Waals surface area contributed by atoms with Crippen LogP contribution in [0.2, 0.25) is 0 Å². The van der Waals surface area contributed by atoms with Gasteiger partial charge in [-0.25, -0.2) is 13.2 Å². The van der Waals surface area contributed by atoms with E-state index in [0.717, 1.165) is 12.1 Å². The summed E-state index contributed by atoms with van der Waals surface area (Å²) in [6.07, 6.45) is 0. The molecule has 130 valence electrons. The first kappa shape index (κ1) is 17.8. The highest BCUT2D eigenvalue weighted by Gasteiger charge is 2.25. The van der Waals surface area contributed by atoms with Gasteiger partial charge in [0.15, 0.2) is 17.5 Å². The molecular weight excluding hydrogens is 347 g/mol. The molecule has 0 atom stereocenters. The van der Waals surface area contributed by atoms with Crippen LogP contribution in [0.15, 0.2) is 24.3 Å². The Hall–Kier alpha value is -3.50. The number of nitrogens with zero attached hydrogens (tertiary/aromatic N) is 2. The van der Waals surface area contributed by atoms with E-state index in [2.05, 4.69) is 0 Å². The number of anilines is 1. The number of non-ortho nitro benzene ring substituents is 1. The first-order chi connectivity index (χ1) is 11.6. The molecule has 11 heteroatoms. The van der Waals surface area contributed by atoms with Gasteiger partial charge in [-0.1, -0.05) is 0 Å². The average Bonchev–Trinajstić information content (AvgIpc) is 2.54. The van der Waals surface area contributed by atoms with E-state index in [1.807, 2.05) is 5.32 Å². The number of hydrogen-bond donors (Lipinski definition) is 1. The van der Waals surface area contributed by atoms with Crippen LogP contribution in [0.4, 0.5) is 30.2 Å². The van der Waals surface area contributed by atoms with Crippen molar-refractivity contribution in [1.82, 2.24) is 0 Å². The monoisotopic (exact) mass is 355 g/mol. The third-order valence-corrected chi connectivity index (χ3v) is 3.30. The number of carbonyl (C=O) groups is 1. The highest BCUT2D eigenvalue weighted by Crippen LogP contribution is 2.29. The molecule has 0 spiro atoms. The molecule has 0 bridgehead atoms. The first-order valence-electron chi connectivity index (χ1n) is 6.51. The van der Waals surface area contributed by atoms with E-state index in [9.17, 15) is 38.2 Å². The van der Waals surface area contributed by atoms with Crippen molar-refractivity contribution in [2.24, 2.45) is 0 Å². The fourth-order valence-corrected chi connectivity index (χ4v) is 2.03. The van der Waals surface area contributed by atoms with E-state index in [0.29, 0.717) is 12.1 Å². The minimum atomic E-state index is -1.82. The number of carbonyl (C=O) groups excluding carboxylic acids is 1. The van der Waals surface area contributed by atoms with Crippen molar-refractivity contribution < 1.29 is 27.8 Å². The van der Waals surface area contributed by atoms with Gasteiger partial charge in [-0.2, -0.15) is 0 Å². The summed E-state index contributed by atoms with van der Waals surface area (Å²) in [4.78, 5) is 32.2. The SMILES string of the molecule is Cc1c(C(=O)Nc2ccc(F)c(F)c2F)cc([N+](=O)[O-])cc1[N+](=O)[O-]. The zero-order chi connectivity index (χ0) is 18.9. The van der Waals surface area contributed by atoms with Crippen molar-refractivity contribution in [3.8, 4) is 0 Å². The average molecular weight is 355 g/mol. The number of hydrogen-bond acceptors (Lipinski definition) is 5. The second-order valence-electron chi connectivity index (χ2n) is 4.83. The van der Waals surface area contributed by atoms with Crippen molar-refractivity contribution in [3.63, 3.8) is 0 Å². The van der Waals surface area contributed by atoms with Gasteiger partial charge in [0.25, 0.3) is 17.3 Å². The molecule has 0 unspecified atom stereocenters. The Morgan fingerprint density at radius 1 is 1.04 bits per heavy atom. The highest BCUT2D eigenvalue weighted by molar-refractivity contribution is 6.06. The van der Waals surface area contributed by atoms with Gasteiger partial charge >= 0.3 is 0 Å². The molecule has 0 aliphatic heterocycles. The number of rotatable bonds is 4. The van der Waals surface area contributed by atoms with Crippen LogP contribution in [0.3, 0.4) is 0 Å². The smallest absolute Gasteiger partial charge is 0.279 e. The van der Waals surface area contributed by atoms with Crippen molar-refractivity contribution >= 4 is 23.0 Å². The normalized spacial score (nSPS) is 10.4. The Labute approximate surface area is 137 Å². The maximum absolute atomic E-state index is 13.6. The van der Waals surface area contributed by atoms with Crippen LogP contribution >= 0.6 is 0 Å². The first-order valence-corrected chi connectivity index (χ1v) is 6.51. The van der Waals surface area contributed by atoms with Gasteiger partial charge < -0.3 is 5.32 Å². The van der Waals surface area contributed by atoms with E-state index in [-0.39, 0.29) is 5.56 Å². The highest BCUT2D eigenvalue weighted by atomic mass is 19.2. The van der Waals surface area contributed by atoms with Crippen LogP contribution in [0.25, 0.3) is 0 Å². The lowest BCUT2D eigenvalue weighted by molar-refractivity contribution is -0.394. The van der Waals surface area contributed by atoms with Crippen molar-refractivity contribution in [2.75, 3.05) is 5.32 Å². The van der Waals surface area contributed by atoms with E-state index in [1.165, 1.54) is 6.92 Å². The summed E-state index contributed by atoms with van der Waals surface area (Å²) in [5.41, 5.74) is -2.84. The standard InChI is InChI=1S/C14H8F3N3O5/c1-6-8(4-7(19(22)23)5-11(6)20(24)25)14(21)18-10-3-2-9(15)12(16)13(10)17/h2-5H,1H3,(H,18,21). The van der Waals surface area contributed by atoms with Crippen LogP contribution in [-0.4, -0.2) is 15.8 Å². The second kappa shape index (κ2) is 6.55. The van der Waals surface area contributed by atoms with Gasteiger partial charge in [0.05, 0.1) is 27.2 Å². The predicted octanol–water partition coefficient (Wildman–Crippen LogP) is 3.48. The molecule has 0 aliphatic carbocycles. The zero-order valence-corrected chi connectivity index (χ0v) is 12.4. The van der Waals surface area contributed by atoms with E-state index in [1.54, 1.807) is 0 Å². The molecule has 0 fully saturated rings. The van der Waals surface area contributed by atoms with Gasteiger partial charge in [-0.3, -0.25) is 25.0 Å². The van der Waals surface area contributed by atoms with Gasteiger partial charge in [0.2, 0.25) is 0 Å². The van der Waals surface area contributed by atoms with Gasteiger partial charge in [-0.05, 0) is 19.1 Å². The molecule has 2 aromatic rings. The van der Waals surface area contributed by atoms with E-state index in [4.69, 9.17) is 0 Å². The molecule has 1 N–H and O–H groups in total. The lowest BCUT2D eigenvalue weighted by atomic mass is 10.0. The number of nitro groups is 2. The fourth-order valence-electron chi connectivity index (χ4n) is 2.03. The Kier molecular flexibility index (Phi) is 4.68. The van der Waals surface area contributed by atoms with Gasteiger partial charge in [0, 0.05) is 11.6 Å². The largest absolute Gasteiger partial charge is 0.319 e. The fraction of sp³-hybridized carbons (Fsp3) is 0.0714. The van der Waals surface area contributed by atoms with Crippen molar-refractivity contribution in [1.29, 1.82) is 0 Å². The number of nitrogens with one attached hydrogen (secondary N) is 1. The van der Waals surface area contributed by atoms with Crippen molar-refractivity contribution in [3.05, 3.63) is 73.1 Å². The maximum Gasteiger partial charge on any atom is 0.279 e. The predicted molar refractivity (Wildman–Crippen MR) is 78.8 cm³/mol. The molecule has 0 aliphatic rings. The Morgan fingerprint density at radius 2 is 1.68 bits per heavy atom. The Balaban J connectivity index is 2.51. The molecule has 2 rings (SSSR count). The van der Waals surface area contributed by atoms with Crippen molar-refractivity contribution in [2.45, 2.75) is 6.92 Å². The van der Waals surface area contributed by atoms with Gasteiger partial charge in [-0.15, -0.1) is 0 Å². The maximum atomic E-state index is 13.6. The number of nitro benzene ring substituents is 2. The van der Waals surface area contributed by atoms with E-state index < -0.39 is 55.8 Å². The number of halogens is 3. The van der Waals surface area contributed by atoms with Crippen LogP contribution in [0.5, 0.6) is 0 Å². The third kappa shape index (κ3) is 3.39. The quantitative estimate of drug-likeness (QED) is 0.512. The lowest BCUT2D eigenvalue weighted by Gasteiger charge is -2.09. The summed E-state index contributed by atoms with van der Waals surface area (Å²) in [5, 5.41) is 23.7. The molecule has 0 aromatic heterocycles.